The smallest absolute Gasteiger partial charge is 0.165 e. The molecule has 0 spiro atoms. The Morgan fingerprint density at radius 3 is 1.63 bits per heavy atom. The fourth-order valence-electron chi connectivity index (χ4n) is 14.3. The lowest BCUT2D eigenvalue weighted by molar-refractivity contribution is 0.386. The van der Waals surface area contributed by atoms with E-state index in [0.29, 0.717) is 23.5 Å². The Bertz CT molecular complexity index is 3830. The van der Waals surface area contributed by atoms with Crippen molar-refractivity contribution in [1.29, 1.82) is 0 Å². The zero-order valence-corrected chi connectivity index (χ0v) is 50.1. The molecule has 1 fully saturated rings. The standard InChI is InChI=1S/C79H84N4/c1-6-8-10-12-14-25-47-79(48-26-15-13-11-9-7-2)72-52-60(71-51-59-31-19-20-38-66(59)67-39-23-24-40-68(67)71)41-44-69(72)70-45-42-61(53-73(70)79)74-46-43-63(54-80-74)76-81-75(82-77(83-76)78(3,4)5)62-35-28-33-57(50-62)56-32-27-34-58(49-56)65-37-22-21-36-64(65)55-29-17-16-18-30-55/h16-20,23-24,27-35,38-46,49-54,64-65H,6-15,21-22,25-26,36-37,47-48H2,1-5H3. The van der Waals surface area contributed by atoms with Gasteiger partial charge in [0.15, 0.2) is 11.6 Å². The lowest BCUT2D eigenvalue weighted by Crippen LogP contribution is -2.25. The van der Waals surface area contributed by atoms with Crippen LogP contribution in [0.4, 0.5) is 0 Å². The Morgan fingerprint density at radius 2 is 0.952 bits per heavy atom. The highest BCUT2D eigenvalue weighted by Gasteiger charge is 2.43. The Kier molecular flexibility index (Phi) is 16.9. The van der Waals surface area contributed by atoms with E-state index in [-0.39, 0.29) is 10.8 Å². The second-order valence-corrected chi connectivity index (χ2v) is 25.4. The molecular formula is C79H84N4. The molecular weight excluding hydrogens is 1000 g/mol. The van der Waals surface area contributed by atoms with E-state index >= 15 is 0 Å². The van der Waals surface area contributed by atoms with Crippen molar-refractivity contribution in [3.63, 3.8) is 0 Å². The molecule has 0 saturated heterocycles. The maximum absolute atomic E-state index is 5.28. The molecule has 4 heteroatoms. The predicted octanol–water partition coefficient (Wildman–Crippen LogP) is 22.4. The fraction of sp³-hybridized carbons (Fsp3) is 0.342. The average Bonchev–Trinajstić information content (AvgIpc) is 4.04. The molecule has 0 amide bonds. The molecule has 4 nitrogen and oxygen atoms in total. The average molecular weight is 1090 g/mol. The van der Waals surface area contributed by atoms with E-state index in [9.17, 15) is 0 Å². The third-order valence-electron chi connectivity index (χ3n) is 18.7. The first-order valence-electron chi connectivity index (χ1n) is 31.9. The van der Waals surface area contributed by atoms with Crippen molar-refractivity contribution in [1.82, 2.24) is 19.9 Å². The minimum atomic E-state index is -0.301. The molecule has 8 aromatic carbocycles. The van der Waals surface area contributed by atoms with Crippen LogP contribution in [0.3, 0.4) is 0 Å². The molecule has 0 aliphatic heterocycles. The topological polar surface area (TPSA) is 51.6 Å². The van der Waals surface area contributed by atoms with Crippen LogP contribution in [0.5, 0.6) is 0 Å². The number of fused-ring (bicyclic) bond motifs is 6. The SMILES string of the molecule is CCCCCCCCC1(CCCCCCCC)c2cc(-c3ccc(-c4nc(-c5cccc(-c6cccc(C7CCCCC7c7ccccc7)c6)c5)nc(C(C)(C)C)n4)cn3)ccc2-c2ccc(-c3cc4ccccc4c4ccccc34)cc21. The summed E-state index contributed by atoms with van der Waals surface area (Å²) in [7, 11) is 0. The third-order valence-corrected chi connectivity index (χ3v) is 18.7. The number of hydrogen-bond acceptors (Lipinski definition) is 4. The van der Waals surface area contributed by atoms with Gasteiger partial charge in [0, 0.05) is 33.7 Å². The van der Waals surface area contributed by atoms with Crippen molar-refractivity contribution in [2.45, 2.75) is 173 Å². The molecule has 2 heterocycles. The molecule has 2 aliphatic rings. The second-order valence-electron chi connectivity index (χ2n) is 25.4. The molecule has 0 bridgehead atoms. The summed E-state index contributed by atoms with van der Waals surface area (Å²) in [6, 6.07) is 68.7. The summed E-state index contributed by atoms with van der Waals surface area (Å²) in [5.74, 6) is 3.14. The normalized spacial score (nSPS) is 15.6. The zero-order valence-electron chi connectivity index (χ0n) is 50.1. The van der Waals surface area contributed by atoms with Gasteiger partial charge in [-0.25, -0.2) is 15.0 Å². The van der Waals surface area contributed by atoms with E-state index in [4.69, 9.17) is 19.9 Å². The minimum absolute atomic E-state index is 0.107. The highest BCUT2D eigenvalue weighted by atomic mass is 15.0. The summed E-state index contributed by atoms with van der Waals surface area (Å²) in [6.07, 6.45) is 24.7. The molecule has 2 aliphatic carbocycles. The lowest BCUT2D eigenvalue weighted by Gasteiger charge is -2.33. The Balaban J connectivity index is 0.885. The summed E-state index contributed by atoms with van der Waals surface area (Å²) < 4.78 is 0. The maximum atomic E-state index is 5.28. The summed E-state index contributed by atoms with van der Waals surface area (Å²) in [6.45, 7) is 11.2. The number of benzene rings is 8. The molecule has 1 saturated carbocycles. The molecule has 10 aromatic rings. The zero-order chi connectivity index (χ0) is 56.8. The van der Waals surface area contributed by atoms with E-state index in [1.807, 2.05) is 6.20 Å². The van der Waals surface area contributed by atoms with Crippen LogP contribution in [0.15, 0.2) is 188 Å². The minimum Gasteiger partial charge on any atom is -0.255 e. The van der Waals surface area contributed by atoms with Crippen LogP contribution in [-0.2, 0) is 10.8 Å². The number of unbranched alkanes of at least 4 members (excludes halogenated alkanes) is 10. The van der Waals surface area contributed by atoms with Crippen molar-refractivity contribution < 1.29 is 0 Å². The van der Waals surface area contributed by atoms with Gasteiger partial charge in [-0.05, 0) is 151 Å². The van der Waals surface area contributed by atoms with Crippen molar-refractivity contribution in [2.75, 3.05) is 0 Å². The Labute approximate surface area is 495 Å². The highest BCUT2D eigenvalue weighted by Crippen LogP contribution is 2.56. The molecule has 2 unspecified atom stereocenters. The van der Waals surface area contributed by atoms with Crippen LogP contribution in [0.25, 0.3) is 89.0 Å². The van der Waals surface area contributed by atoms with E-state index < -0.39 is 0 Å². The quantitative estimate of drug-likeness (QED) is 0.0531. The molecule has 0 N–H and O–H groups in total. The number of rotatable bonds is 21. The van der Waals surface area contributed by atoms with Crippen molar-refractivity contribution in [3.05, 3.63) is 216 Å². The third kappa shape index (κ3) is 11.9. The number of pyridine rings is 1. The first-order chi connectivity index (χ1) is 40.7. The first-order valence-corrected chi connectivity index (χ1v) is 31.9. The number of aromatic nitrogens is 4. The van der Waals surface area contributed by atoms with Gasteiger partial charge >= 0.3 is 0 Å². The Morgan fingerprint density at radius 1 is 0.410 bits per heavy atom. The van der Waals surface area contributed by atoms with Gasteiger partial charge in [0.25, 0.3) is 0 Å². The van der Waals surface area contributed by atoms with Crippen LogP contribution < -0.4 is 0 Å². The van der Waals surface area contributed by atoms with Crippen LogP contribution in [0.1, 0.15) is 190 Å². The van der Waals surface area contributed by atoms with Crippen molar-refractivity contribution >= 4 is 21.5 Å². The first kappa shape index (κ1) is 55.9. The maximum Gasteiger partial charge on any atom is 0.165 e. The summed E-state index contributed by atoms with van der Waals surface area (Å²) in [5.41, 5.74) is 17.3. The number of nitrogens with zero attached hydrogens (tertiary/aromatic N) is 4. The summed E-state index contributed by atoms with van der Waals surface area (Å²) in [5, 5.41) is 5.24. The van der Waals surface area contributed by atoms with Crippen molar-refractivity contribution in [3.8, 4) is 67.4 Å². The van der Waals surface area contributed by atoms with Gasteiger partial charge in [-0.3, -0.25) is 4.98 Å². The van der Waals surface area contributed by atoms with Gasteiger partial charge < -0.3 is 0 Å². The molecule has 83 heavy (non-hydrogen) atoms. The van der Waals surface area contributed by atoms with Crippen LogP contribution >= 0.6 is 0 Å². The summed E-state index contributed by atoms with van der Waals surface area (Å²) >= 11 is 0. The van der Waals surface area contributed by atoms with Crippen LogP contribution in [0.2, 0.25) is 0 Å². The van der Waals surface area contributed by atoms with Gasteiger partial charge in [-0.1, -0.05) is 270 Å². The van der Waals surface area contributed by atoms with E-state index in [1.54, 1.807) is 0 Å². The van der Waals surface area contributed by atoms with Gasteiger partial charge in [0.2, 0.25) is 0 Å². The number of hydrogen-bond donors (Lipinski definition) is 0. The highest BCUT2D eigenvalue weighted by molar-refractivity contribution is 6.14. The van der Waals surface area contributed by atoms with Gasteiger partial charge in [-0.2, -0.15) is 0 Å². The monoisotopic (exact) mass is 1090 g/mol. The molecule has 12 rings (SSSR count). The van der Waals surface area contributed by atoms with Crippen LogP contribution in [0, 0.1) is 0 Å². The predicted molar refractivity (Wildman–Crippen MR) is 351 cm³/mol. The molecule has 2 aromatic heterocycles. The van der Waals surface area contributed by atoms with Gasteiger partial charge in [0.05, 0.1) is 5.69 Å². The van der Waals surface area contributed by atoms with Gasteiger partial charge in [0.1, 0.15) is 5.82 Å². The fourth-order valence-corrected chi connectivity index (χ4v) is 14.3. The largest absolute Gasteiger partial charge is 0.255 e. The van der Waals surface area contributed by atoms with E-state index in [1.165, 1.54) is 180 Å². The second kappa shape index (κ2) is 25.1. The molecule has 420 valence electrons. The summed E-state index contributed by atoms with van der Waals surface area (Å²) in [4.78, 5) is 20.9. The lowest BCUT2D eigenvalue weighted by atomic mass is 9.70. The van der Waals surface area contributed by atoms with E-state index in [2.05, 4.69) is 217 Å². The Hall–Kier alpha value is -7.56. The van der Waals surface area contributed by atoms with Gasteiger partial charge in [-0.15, -0.1) is 0 Å². The van der Waals surface area contributed by atoms with Crippen molar-refractivity contribution in [2.24, 2.45) is 0 Å². The molecule has 0 radical (unpaired) electrons. The van der Waals surface area contributed by atoms with E-state index in [0.717, 1.165) is 41.1 Å². The van der Waals surface area contributed by atoms with Crippen LogP contribution in [-0.4, -0.2) is 19.9 Å². The molecule has 2 atom stereocenters.